The maximum atomic E-state index is 5.58. The molecule has 0 aromatic heterocycles. The molecule has 1 aromatic rings. The number of methoxy groups -OCH3 is 2. The highest BCUT2D eigenvalue weighted by molar-refractivity contribution is 5.65. The van der Waals surface area contributed by atoms with Crippen molar-refractivity contribution in [2.45, 2.75) is 40.0 Å². The summed E-state index contributed by atoms with van der Waals surface area (Å²) in [6, 6.07) is 6.52. The van der Waals surface area contributed by atoms with Crippen molar-refractivity contribution in [2.75, 3.05) is 14.2 Å². The van der Waals surface area contributed by atoms with Crippen molar-refractivity contribution in [1.29, 1.82) is 0 Å². The summed E-state index contributed by atoms with van der Waals surface area (Å²) in [5, 5.41) is 0. The number of benzene rings is 1. The summed E-state index contributed by atoms with van der Waals surface area (Å²) in [6.07, 6.45) is 3.02. The Morgan fingerprint density at radius 1 is 1.11 bits per heavy atom. The average Bonchev–Trinajstić information content (AvgIpc) is 2.38. The quantitative estimate of drug-likeness (QED) is 0.698. The van der Waals surface area contributed by atoms with Crippen LogP contribution >= 0.6 is 0 Å². The first-order chi connectivity index (χ1) is 8.67. The highest BCUT2D eigenvalue weighted by atomic mass is 16.5. The zero-order valence-corrected chi connectivity index (χ0v) is 12.2. The molecule has 100 valence electrons. The van der Waals surface area contributed by atoms with Crippen LogP contribution in [0.5, 0.6) is 0 Å². The average molecular weight is 248 g/mol. The van der Waals surface area contributed by atoms with Gasteiger partial charge in [-0.25, -0.2) is 0 Å². The summed E-state index contributed by atoms with van der Waals surface area (Å²) in [4.78, 5) is 0. The second-order valence-corrected chi connectivity index (χ2v) is 4.42. The van der Waals surface area contributed by atoms with Crippen molar-refractivity contribution >= 4 is 5.76 Å². The lowest BCUT2D eigenvalue weighted by Gasteiger charge is -2.16. The van der Waals surface area contributed by atoms with Gasteiger partial charge in [-0.3, -0.25) is 0 Å². The molecular weight excluding hydrogens is 224 g/mol. The minimum absolute atomic E-state index is 0.833. The first-order valence-electron chi connectivity index (χ1n) is 6.58. The van der Waals surface area contributed by atoms with E-state index in [-0.39, 0.29) is 0 Å². The van der Waals surface area contributed by atoms with E-state index >= 15 is 0 Å². The van der Waals surface area contributed by atoms with Crippen LogP contribution in [0.2, 0.25) is 0 Å². The second-order valence-electron chi connectivity index (χ2n) is 4.42. The molecule has 0 atom stereocenters. The molecule has 0 radical (unpaired) electrons. The molecule has 0 bridgehead atoms. The van der Waals surface area contributed by atoms with E-state index in [1.165, 1.54) is 11.1 Å². The van der Waals surface area contributed by atoms with Gasteiger partial charge in [0.1, 0.15) is 5.76 Å². The van der Waals surface area contributed by atoms with Crippen LogP contribution < -0.4 is 0 Å². The Bertz CT molecular complexity index is 413. The number of hydrogen-bond donors (Lipinski definition) is 0. The zero-order chi connectivity index (χ0) is 13.5. The molecule has 0 N–H and O–H groups in total. The Balaban J connectivity index is 3.35. The summed E-state index contributed by atoms with van der Waals surface area (Å²) in [5.41, 5.74) is 3.73. The lowest BCUT2D eigenvalue weighted by molar-refractivity contribution is 0.256. The van der Waals surface area contributed by atoms with Gasteiger partial charge >= 0.3 is 0 Å². The number of aryl methyl sites for hydroxylation is 2. The maximum Gasteiger partial charge on any atom is 0.163 e. The molecule has 0 saturated heterocycles. The van der Waals surface area contributed by atoms with Crippen LogP contribution in [0.1, 0.15) is 43.4 Å². The molecule has 0 spiro atoms. The van der Waals surface area contributed by atoms with Gasteiger partial charge in [0.05, 0.1) is 14.2 Å². The first kappa shape index (κ1) is 14.6. The van der Waals surface area contributed by atoms with Gasteiger partial charge in [-0.15, -0.1) is 0 Å². The summed E-state index contributed by atoms with van der Waals surface area (Å²) >= 11 is 0. The molecule has 0 aliphatic heterocycles. The molecular formula is C16H24O2. The minimum atomic E-state index is 0.833. The summed E-state index contributed by atoms with van der Waals surface area (Å²) in [6.45, 7) is 6.37. The van der Waals surface area contributed by atoms with Crippen LogP contribution in [0.25, 0.3) is 5.76 Å². The van der Waals surface area contributed by atoms with E-state index < -0.39 is 0 Å². The van der Waals surface area contributed by atoms with Crippen molar-refractivity contribution < 1.29 is 9.47 Å². The third kappa shape index (κ3) is 3.28. The van der Waals surface area contributed by atoms with Crippen LogP contribution in [-0.2, 0) is 15.9 Å². The predicted molar refractivity (Wildman–Crippen MR) is 76.4 cm³/mol. The Morgan fingerprint density at radius 2 is 1.83 bits per heavy atom. The molecule has 0 saturated carbocycles. The lowest BCUT2D eigenvalue weighted by Crippen LogP contribution is -2.01. The van der Waals surface area contributed by atoms with Crippen molar-refractivity contribution in [3.8, 4) is 0 Å². The van der Waals surface area contributed by atoms with Crippen LogP contribution in [-0.4, -0.2) is 14.2 Å². The fraction of sp³-hybridized carbons (Fsp3) is 0.500. The molecule has 2 nitrogen and oxygen atoms in total. The Labute approximate surface area is 111 Å². The number of rotatable bonds is 6. The Hall–Kier alpha value is -1.44. The van der Waals surface area contributed by atoms with E-state index in [4.69, 9.17) is 9.47 Å². The molecule has 18 heavy (non-hydrogen) atoms. The molecule has 1 rings (SSSR count). The van der Waals surface area contributed by atoms with E-state index in [1.54, 1.807) is 14.2 Å². The third-order valence-corrected chi connectivity index (χ3v) is 3.05. The van der Waals surface area contributed by atoms with Gasteiger partial charge in [-0.2, -0.15) is 0 Å². The van der Waals surface area contributed by atoms with E-state index in [0.717, 1.165) is 36.3 Å². The predicted octanol–water partition coefficient (Wildman–Crippen LogP) is 4.32. The number of hydrogen-bond acceptors (Lipinski definition) is 2. The van der Waals surface area contributed by atoms with Gasteiger partial charge in [0.25, 0.3) is 0 Å². The fourth-order valence-corrected chi connectivity index (χ4v) is 2.16. The van der Waals surface area contributed by atoms with E-state index in [1.807, 2.05) is 0 Å². The first-order valence-corrected chi connectivity index (χ1v) is 6.58. The lowest BCUT2D eigenvalue weighted by atomic mass is 9.98. The molecule has 1 aromatic carbocycles. The Morgan fingerprint density at radius 3 is 2.33 bits per heavy atom. The molecule has 2 heteroatoms. The van der Waals surface area contributed by atoms with Crippen molar-refractivity contribution in [3.05, 3.63) is 40.6 Å². The van der Waals surface area contributed by atoms with Gasteiger partial charge in [0.15, 0.2) is 5.76 Å². The highest BCUT2D eigenvalue weighted by Gasteiger charge is 2.13. The zero-order valence-electron chi connectivity index (χ0n) is 12.2. The van der Waals surface area contributed by atoms with Gasteiger partial charge in [-0.1, -0.05) is 38.0 Å². The summed E-state index contributed by atoms with van der Waals surface area (Å²) in [7, 11) is 3.41. The number of ether oxygens (including phenoxy) is 2. The van der Waals surface area contributed by atoms with Crippen LogP contribution in [0.15, 0.2) is 24.0 Å². The molecule has 0 heterocycles. The smallest absolute Gasteiger partial charge is 0.163 e. The van der Waals surface area contributed by atoms with E-state index in [0.29, 0.717) is 0 Å². The summed E-state index contributed by atoms with van der Waals surface area (Å²) in [5.74, 6) is 1.77. The fourth-order valence-electron chi connectivity index (χ4n) is 2.16. The van der Waals surface area contributed by atoms with Crippen LogP contribution in [0.4, 0.5) is 0 Å². The third-order valence-electron chi connectivity index (χ3n) is 3.05. The standard InChI is InChI=1S/C16H24O2/c1-6-8-13-10-9-12(3)11-14(13)16(18-5)15(7-2)17-4/h9-11H,6-8H2,1-5H3/b16-15-. The van der Waals surface area contributed by atoms with Gasteiger partial charge < -0.3 is 9.47 Å². The van der Waals surface area contributed by atoms with Gasteiger partial charge in [-0.05, 0) is 25.0 Å². The van der Waals surface area contributed by atoms with E-state index in [9.17, 15) is 0 Å². The number of allylic oxidation sites excluding steroid dienone is 1. The maximum absolute atomic E-state index is 5.58. The van der Waals surface area contributed by atoms with Crippen molar-refractivity contribution in [2.24, 2.45) is 0 Å². The monoisotopic (exact) mass is 248 g/mol. The van der Waals surface area contributed by atoms with Crippen molar-refractivity contribution in [3.63, 3.8) is 0 Å². The normalized spacial score (nSPS) is 12.1. The highest BCUT2D eigenvalue weighted by Crippen LogP contribution is 2.27. The molecule has 0 amide bonds. The molecule has 0 unspecified atom stereocenters. The van der Waals surface area contributed by atoms with Crippen LogP contribution in [0.3, 0.4) is 0 Å². The minimum Gasteiger partial charge on any atom is -0.497 e. The largest absolute Gasteiger partial charge is 0.497 e. The van der Waals surface area contributed by atoms with Crippen molar-refractivity contribution in [1.82, 2.24) is 0 Å². The molecule has 0 aliphatic carbocycles. The van der Waals surface area contributed by atoms with Crippen LogP contribution in [0, 0.1) is 6.92 Å². The topological polar surface area (TPSA) is 18.5 Å². The van der Waals surface area contributed by atoms with Gasteiger partial charge in [0, 0.05) is 12.0 Å². The second kappa shape index (κ2) is 7.10. The van der Waals surface area contributed by atoms with E-state index in [2.05, 4.69) is 39.0 Å². The molecule has 0 aliphatic rings. The Kier molecular flexibility index (Phi) is 5.76. The van der Waals surface area contributed by atoms with Gasteiger partial charge in [0.2, 0.25) is 0 Å². The summed E-state index contributed by atoms with van der Waals surface area (Å²) < 4.78 is 11.0. The molecule has 0 fully saturated rings. The SMILES string of the molecule is CCCc1ccc(C)cc1/C(OC)=C(\CC)OC.